The number of aromatic nitrogens is 2. The minimum atomic E-state index is -4.52. The molecule has 3 heterocycles. The molecule has 2 aliphatic rings. The summed E-state index contributed by atoms with van der Waals surface area (Å²) in [5.41, 5.74) is -2.14. The number of hydrogen-bond donors (Lipinski definition) is 1. The van der Waals surface area contributed by atoms with Gasteiger partial charge in [-0.1, -0.05) is 0 Å². The van der Waals surface area contributed by atoms with E-state index in [1.807, 2.05) is 0 Å². The lowest BCUT2D eigenvalue weighted by Crippen LogP contribution is -2.52. The molecule has 24 heavy (non-hydrogen) atoms. The molecule has 1 atom stereocenters. The summed E-state index contributed by atoms with van der Waals surface area (Å²) in [7, 11) is 0. The van der Waals surface area contributed by atoms with Crippen LogP contribution in [0.3, 0.4) is 0 Å². The number of ether oxygens (including phenoxy) is 1. The van der Waals surface area contributed by atoms with Crippen LogP contribution in [0.1, 0.15) is 18.5 Å². The molecule has 2 aliphatic heterocycles. The molecule has 1 N–H and O–H groups in total. The lowest BCUT2D eigenvalue weighted by Gasteiger charge is -2.34. The maximum Gasteiger partial charge on any atom is 0.433 e. The van der Waals surface area contributed by atoms with Crippen LogP contribution >= 0.6 is 0 Å². The second kappa shape index (κ2) is 6.81. The minimum Gasteiger partial charge on any atom is -0.384 e. The quantitative estimate of drug-likeness (QED) is 0.886. The summed E-state index contributed by atoms with van der Waals surface area (Å²) < 4.78 is 44.0. The number of anilines is 1. The van der Waals surface area contributed by atoms with Gasteiger partial charge in [0.15, 0.2) is 0 Å². The highest BCUT2D eigenvalue weighted by Gasteiger charge is 2.37. The Morgan fingerprint density at radius 3 is 2.71 bits per heavy atom. The van der Waals surface area contributed by atoms with E-state index in [1.165, 1.54) is 0 Å². The van der Waals surface area contributed by atoms with E-state index in [2.05, 4.69) is 14.9 Å². The van der Waals surface area contributed by atoms with Crippen molar-refractivity contribution >= 4 is 5.95 Å². The van der Waals surface area contributed by atoms with Crippen molar-refractivity contribution in [1.82, 2.24) is 14.9 Å². The zero-order valence-corrected chi connectivity index (χ0v) is 13.3. The van der Waals surface area contributed by atoms with E-state index in [4.69, 9.17) is 4.74 Å². The predicted molar refractivity (Wildman–Crippen MR) is 80.7 cm³/mol. The molecule has 2 fully saturated rings. The van der Waals surface area contributed by atoms with Crippen molar-refractivity contribution in [2.24, 2.45) is 0 Å². The van der Waals surface area contributed by atoms with Gasteiger partial charge in [0.1, 0.15) is 11.3 Å². The van der Waals surface area contributed by atoms with Crippen molar-refractivity contribution in [3.8, 4) is 0 Å². The van der Waals surface area contributed by atoms with E-state index in [0.717, 1.165) is 38.2 Å². The summed E-state index contributed by atoms with van der Waals surface area (Å²) in [6, 6.07) is 0.842. The van der Waals surface area contributed by atoms with E-state index in [0.29, 0.717) is 19.7 Å². The number of nitrogens with zero attached hydrogens (tertiary/aromatic N) is 4. The summed E-state index contributed by atoms with van der Waals surface area (Å²) in [5, 5.41) is 10.9. The average molecular weight is 346 g/mol. The summed E-state index contributed by atoms with van der Waals surface area (Å²) in [5.74, 6) is -0.0322. The predicted octanol–water partition coefficient (Wildman–Crippen LogP) is 1.16. The third kappa shape index (κ3) is 4.14. The standard InChI is InChI=1S/C15H21F3N4O2/c16-15(17,18)12-3-4-19-13(20-12)22-7-8-24-11-14(23,10-22)9-21-5-1-2-6-21/h3-4,23H,1-2,5-11H2/t14-/m0/s1. The largest absolute Gasteiger partial charge is 0.433 e. The van der Waals surface area contributed by atoms with Crippen LogP contribution in [-0.2, 0) is 10.9 Å². The molecule has 6 nitrogen and oxygen atoms in total. The fourth-order valence-electron chi connectivity index (χ4n) is 3.20. The fraction of sp³-hybridized carbons (Fsp3) is 0.733. The van der Waals surface area contributed by atoms with Crippen molar-refractivity contribution in [3.63, 3.8) is 0 Å². The first-order valence-electron chi connectivity index (χ1n) is 8.03. The van der Waals surface area contributed by atoms with Crippen molar-refractivity contribution in [1.29, 1.82) is 0 Å². The van der Waals surface area contributed by atoms with Crippen LogP contribution in [0, 0.1) is 0 Å². The zero-order valence-electron chi connectivity index (χ0n) is 13.3. The third-order valence-corrected chi connectivity index (χ3v) is 4.29. The van der Waals surface area contributed by atoms with Gasteiger partial charge >= 0.3 is 6.18 Å². The normalized spacial score (nSPS) is 26.6. The summed E-state index contributed by atoms with van der Waals surface area (Å²) in [6.07, 6.45) is -1.24. The van der Waals surface area contributed by atoms with Gasteiger partial charge in [-0.2, -0.15) is 13.2 Å². The van der Waals surface area contributed by atoms with Crippen LogP contribution in [0.4, 0.5) is 19.1 Å². The van der Waals surface area contributed by atoms with Gasteiger partial charge in [0.05, 0.1) is 19.8 Å². The first-order chi connectivity index (χ1) is 11.4. The molecular formula is C15H21F3N4O2. The van der Waals surface area contributed by atoms with Crippen molar-refractivity contribution in [2.45, 2.75) is 24.6 Å². The van der Waals surface area contributed by atoms with Gasteiger partial charge in [0.25, 0.3) is 0 Å². The molecule has 1 aromatic heterocycles. The highest BCUT2D eigenvalue weighted by atomic mass is 19.4. The molecule has 0 radical (unpaired) electrons. The Balaban J connectivity index is 1.77. The summed E-state index contributed by atoms with van der Waals surface area (Å²) in [4.78, 5) is 11.3. The Labute approximate surface area is 138 Å². The SMILES string of the molecule is O[C@]1(CN2CCCC2)COCCN(c2nccc(C(F)(F)F)n2)C1. The first-order valence-corrected chi connectivity index (χ1v) is 8.03. The maximum absolute atomic E-state index is 12.8. The van der Waals surface area contributed by atoms with Gasteiger partial charge in [-0.05, 0) is 32.0 Å². The second-order valence-electron chi connectivity index (χ2n) is 6.42. The monoisotopic (exact) mass is 346 g/mol. The van der Waals surface area contributed by atoms with Crippen molar-refractivity contribution in [3.05, 3.63) is 18.0 Å². The van der Waals surface area contributed by atoms with E-state index in [-0.39, 0.29) is 19.1 Å². The topological polar surface area (TPSA) is 61.7 Å². The molecule has 2 saturated heterocycles. The summed E-state index contributed by atoms with van der Waals surface area (Å²) in [6.45, 7) is 3.21. The Hall–Kier alpha value is -1.45. The highest BCUT2D eigenvalue weighted by Crippen LogP contribution is 2.28. The van der Waals surface area contributed by atoms with E-state index < -0.39 is 17.5 Å². The van der Waals surface area contributed by atoms with Crippen LogP contribution in [0.5, 0.6) is 0 Å². The van der Waals surface area contributed by atoms with Gasteiger partial charge in [-0.15, -0.1) is 0 Å². The van der Waals surface area contributed by atoms with E-state index in [9.17, 15) is 18.3 Å². The molecule has 3 rings (SSSR count). The van der Waals surface area contributed by atoms with Gasteiger partial charge in [0.2, 0.25) is 5.95 Å². The zero-order chi connectivity index (χ0) is 17.2. The lowest BCUT2D eigenvalue weighted by atomic mass is 10.0. The van der Waals surface area contributed by atoms with E-state index in [1.54, 1.807) is 4.90 Å². The summed E-state index contributed by atoms with van der Waals surface area (Å²) >= 11 is 0. The molecule has 0 spiro atoms. The van der Waals surface area contributed by atoms with Crippen LogP contribution < -0.4 is 4.90 Å². The molecule has 0 amide bonds. The number of alkyl halides is 3. The maximum atomic E-state index is 12.8. The van der Waals surface area contributed by atoms with Crippen LogP contribution in [0.15, 0.2) is 12.3 Å². The molecule has 0 unspecified atom stereocenters. The third-order valence-electron chi connectivity index (χ3n) is 4.29. The number of aliphatic hydroxyl groups is 1. The number of halogens is 3. The molecule has 0 aliphatic carbocycles. The van der Waals surface area contributed by atoms with Crippen molar-refractivity contribution < 1.29 is 23.0 Å². The molecule has 0 saturated carbocycles. The van der Waals surface area contributed by atoms with Crippen molar-refractivity contribution in [2.75, 3.05) is 50.8 Å². The second-order valence-corrected chi connectivity index (χ2v) is 6.42. The molecule has 0 bridgehead atoms. The Morgan fingerprint density at radius 2 is 2.00 bits per heavy atom. The molecule has 134 valence electrons. The molecular weight excluding hydrogens is 325 g/mol. The Morgan fingerprint density at radius 1 is 1.25 bits per heavy atom. The van der Waals surface area contributed by atoms with Crippen LogP contribution in [-0.4, -0.2) is 71.5 Å². The highest BCUT2D eigenvalue weighted by molar-refractivity contribution is 5.32. The number of likely N-dealkylation sites (tertiary alicyclic amines) is 1. The lowest BCUT2D eigenvalue weighted by molar-refractivity contribution is -0.141. The Bertz CT molecular complexity index is 566. The fourth-order valence-corrected chi connectivity index (χ4v) is 3.20. The number of rotatable bonds is 3. The number of β-amino-alcohol motifs (C(OH)–C–C–N with tert-alkyl or cyclic N) is 1. The van der Waals surface area contributed by atoms with Gasteiger partial charge in [-0.3, -0.25) is 0 Å². The van der Waals surface area contributed by atoms with Crippen LogP contribution in [0.25, 0.3) is 0 Å². The molecule has 0 aromatic carbocycles. The van der Waals surface area contributed by atoms with Gasteiger partial charge < -0.3 is 19.6 Å². The van der Waals surface area contributed by atoms with E-state index >= 15 is 0 Å². The number of hydrogen-bond acceptors (Lipinski definition) is 6. The molecule has 9 heteroatoms. The Kier molecular flexibility index (Phi) is 4.93. The average Bonchev–Trinajstić information content (AvgIpc) is 2.94. The molecule has 1 aromatic rings. The van der Waals surface area contributed by atoms with Gasteiger partial charge in [0, 0.05) is 19.3 Å². The van der Waals surface area contributed by atoms with Gasteiger partial charge in [-0.25, -0.2) is 9.97 Å². The first kappa shape index (κ1) is 17.4. The van der Waals surface area contributed by atoms with Crippen LogP contribution in [0.2, 0.25) is 0 Å². The minimum absolute atomic E-state index is 0.0322. The smallest absolute Gasteiger partial charge is 0.384 e.